The highest BCUT2D eigenvalue weighted by Gasteiger charge is 2.94. The standard InChI is InChI=1S/C25H30F3N5O2/c1-3-13(2)33-19(9-16(31-33)14-7-18(22(29)30-10-14)35-25(26,27)28)24-15-8-17(21(24)20(15)24)32-11-23(12-32)5-4-6-34-23/h7,9-10,13,15,17,20-21H,3-6,8,11-12H2,1-2H3,(H2,29,30)/t13?,15-,17?,20-,21?,24+/m0/s1. The van der Waals surface area contributed by atoms with E-state index in [0.29, 0.717) is 35.1 Å². The van der Waals surface area contributed by atoms with Crippen LogP contribution in [0.4, 0.5) is 19.0 Å². The summed E-state index contributed by atoms with van der Waals surface area (Å²) in [5.41, 5.74) is 8.24. The number of pyridine rings is 1. The third-order valence-corrected chi connectivity index (χ3v) is 9.46. The van der Waals surface area contributed by atoms with Gasteiger partial charge in [0.2, 0.25) is 0 Å². The van der Waals surface area contributed by atoms with Crippen LogP contribution in [0.15, 0.2) is 18.3 Å². The molecule has 4 aliphatic carbocycles. The molecule has 0 radical (unpaired) electrons. The fraction of sp³-hybridized carbons (Fsp3) is 0.680. The first kappa shape index (κ1) is 21.9. The van der Waals surface area contributed by atoms with Crippen LogP contribution in [-0.2, 0) is 10.2 Å². The third-order valence-electron chi connectivity index (χ3n) is 9.46. The van der Waals surface area contributed by atoms with Crippen LogP contribution in [0, 0.1) is 17.8 Å². The van der Waals surface area contributed by atoms with Crippen molar-refractivity contribution < 1.29 is 22.6 Å². The monoisotopic (exact) mass is 489 g/mol. The Bertz CT molecular complexity index is 1180. The number of halogens is 3. The molecule has 10 heteroatoms. The maximum Gasteiger partial charge on any atom is 0.573 e. The first-order valence-electron chi connectivity index (χ1n) is 12.7. The topological polar surface area (TPSA) is 78.4 Å². The molecule has 6 fully saturated rings. The van der Waals surface area contributed by atoms with E-state index >= 15 is 0 Å². The summed E-state index contributed by atoms with van der Waals surface area (Å²) in [4.78, 5) is 6.58. The molecule has 0 aromatic carbocycles. The number of hydrogen-bond acceptors (Lipinski definition) is 6. The fourth-order valence-corrected chi connectivity index (χ4v) is 7.67. The first-order valence-corrected chi connectivity index (χ1v) is 12.7. The Balaban J connectivity index is 1.18. The molecule has 2 aromatic rings. The van der Waals surface area contributed by atoms with E-state index in [4.69, 9.17) is 15.6 Å². The molecule has 35 heavy (non-hydrogen) atoms. The minimum absolute atomic E-state index is 0.111. The minimum atomic E-state index is -4.84. The van der Waals surface area contributed by atoms with Crippen molar-refractivity contribution in [2.24, 2.45) is 17.8 Å². The van der Waals surface area contributed by atoms with Crippen molar-refractivity contribution in [3.8, 4) is 17.0 Å². The van der Waals surface area contributed by atoms with E-state index in [9.17, 15) is 13.2 Å². The lowest BCUT2D eigenvalue weighted by atomic mass is 9.88. The van der Waals surface area contributed by atoms with Crippen LogP contribution in [-0.4, -0.2) is 57.4 Å². The van der Waals surface area contributed by atoms with E-state index in [1.165, 1.54) is 37.2 Å². The molecular weight excluding hydrogens is 459 g/mol. The van der Waals surface area contributed by atoms with Gasteiger partial charge in [0, 0.05) is 54.6 Å². The van der Waals surface area contributed by atoms with Crippen molar-refractivity contribution in [2.75, 3.05) is 25.4 Å². The van der Waals surface area contributed by atoms with E-state index in [-0.39, 0.29) is 22.9 Å². The second-order valence-corrected chi connectivity index (χ2v) is 11.2. The van der Waals surface area contributed by atoms with Crippen molar-refractivity contribution in [1.29, 1.82) is 0 Å². The molecule has 7 nitrogen and oxygen atoms in total. The SMILES string of the molecule is CCC(C)n1nc(-c2cnc(N)c(OC(F)(F)F)c2)cc1[C@]12C3C(N4CC5(CCCO5)C4)C[C@H]1[C@@H]32. The maximum absolute atomic E-state index is 12.8. The summed E-state index contributed by atoms with van der Waals surface area (Å²) in [5, 5.41) is 4.88. The van der Waals surface area contributed by atoms with Gasteiger partial charge < -0.3 is 15.2 Å². The van der Waals surface area contributed by atoms with Gasteiger partial charge in [0.15, 0.2) is 11.6 Å². The summed E-state index contributed by atoms with van der Waals surface area (Å²) in [6.45, 7) is 7.27. The molecule has 2 aromatic heterocycles. The molecule has 4 heterocycles. The molecule has 188 valence electrons. The highest BCUT2D eigenvalue weighted by atomic mass is 19.4. The fourth-order valence-electron chi connectivity index (χ4n) is 7.67. The summed E-state index contributed by atoms with van der Waals surface area (Å²) in [5.74, 6) is 1.24. The Labute approximate surface area is 201 Å². The number of ether oxygens (including phenoxy) is 2. The molecule has 3 unspecified atom stereocenters. The lowest BCUT2D eigenvalue weighted by Crippen LogP contribution is -2.64. The summed E-state index contributed by atoms with van der Waals surface area (Å²) >= 11 is 0. The normalized spacial score (nSPS) is 35.1. The van der Waals surface area contributed by atoms with Gasteiger partial charge >= 0.3 is 6.36 Å². The number of nitrogen functional groups attached to an aromatic ring is 1. The van der Waals surface area contributed by atoms with Gasteiger partial charge in [-0.05, 0) is 62.5 Å². The zero-order valence-electron chi connectivity index (χ0n) is 19.9. The largest absolute Gasteiger partial charge is 0.573 e. The van der Waals surface area contributed by atoms with Crippen molar-refractivity contribution in [2.45, 2.75) is 69.0 Å². The van der Waals surface area contributed by atoms with Gasteiger partial charge in [-0.15, -0.1) is 13.2 Å². The lowest BCUT2D eigenvalue weighted by molar-refractivity contribution is -0.274. The predicted molar refractivity (Wildman–Crippen MR) is 122 cm³/mol. The summed E-state index contributed by atoms with van der Waals surface area (Å²) in [7, 11) is 0. The van der Waals surface area contributed by atoms with E-state index in [0.717, 1.165) is 26.1 Å². The predicted octanol–water partition coefficient (Wildman–Crippen LogP) is 4.15. The number of likely N-dealkylation sites (tertiary alicyclic amines) is 1. The highest BCUT2D eigenvalue weighted by molar-refractivity contribution is 5.66. The molecule has 0 amide bonds. The van der Waals surface area contributed by atoms with E-state index in [1.54, 1.807) is 0 Å². The molecular formula is C25H30F3N5O2. The number of rotatable bonds is 6. The van der Waals surface area contributed by atoms with Crippen LogP contribution in [0.2, 0.25) is 0 Å². The zero-order valence-corrected chi connectivity index (χ0v) is 19.9. The molecule has 2 bridgehead atoms. The van der Waals surface area contributed by atoms with E-state index in [2.05, 4.69) is 39.2 Å². The molecule has 2 saturated heterocycles. The average Bonchev–Trinajstić information content (AvgIpc) is 3.28. The average molecular weight is 490 g/mol. The summed E-state index contributed by atoms with van der Waals surface area (Å²) < 4.78 is 50.8. The molecule has 4 saturated carbocycles. The van der Waals surface area contributed by atoms with Gasteiger partial charge in [0.25, 0.3) is 0 Å². The highest BCUT2D eigenvalue weighted by Crippen LogP contribution is 2.91. The quantitative estimate of drug-likeness (QED) is 0.657. The summed E-state index contributed by atoms with van der Waals surface area (Å²) in [6, 6.07) is 4.16. The van der Waals surface area contributed by atoms with E-state index in [1.807, 2.05) is 0 Å². The lowest BCUT2D eigenvalue weighted by Gasteiger charge is -2.50. The first-order chi connectivity index (χ1) is 16.7. The van der Waals surface area contributed by atoms with Crippen molar-refractivity contribution in [1.82, 2.24) is 19.7 Å². The van der Waals surface area contributed by atoms with Crippen molar-refractivity contribution in [3.63, 3.8) is 0 Å². The Morgan fingerprint density at radius 2 is 2.09 bits per heavy atom. The molecule has 6 atom stereocenters. The summed E-state index contributed by atoms with van der Waals surface area (Å²) in [6.07, 6.45) is 1.13. The van der Waals surface area contributed by atoms with Crippen LogP contribution >= 0.6 is 0 Å². The van der Waals surface area contributed by atoms with Gasteiger partial charge in [-0.25, -0.2) is 4.98 Å². The second-order valence-electron chi connectivity index (χ2n) is 11.2. The van der Waals surface area contributed by atoms with Crippen LogP contribution in [0.1, 0.15) is 51.3 Å². The molecule has 8 rings (SSSR count). The maximum atomic E-state index is 12.8. The van der Waals surface area contributed by atoms with Crippen molar-refractivity contribution in [3.05, 3.63) is 24.0 Å². The number of aromatic nitrogens is 3. The Morgan fingerprint density at radius 3 is 2.74 bits per heavy atom. The zero-order chi connectivity index (χ0) is 24.3. The smallest absolute Gasteiger partial charge is 0.402 e. The van der Waals surface area contributed by atoms with Gasteiger partial charge in [0.1, 0.15) is 0 Å². The van der Waals surface area contributed by atoms with Gasteiger partial charge in [-0.1, -0.05) is 6.92 Å². The number of nitrogens with two attached hydrogens (primary N) is 1. The molecule has 2 N–H and O–H groups in total. The van der Waals surface area contributed by atoms with Gasteiger partial charge in [-0.3, -0.25) is 9.58 Å². The Kier molecular flexibility index (Phi) is 4.32. The van der Waals surface area contributed by atoms with Crippen LogP contribution in [0.3, 0.4) is 0 Å². The number of fused-ring (bicyclic) bond motifs is 1. The number of alkyl halides is 3. The van der Waals surface area contributed by atoms with E-state index < -0.39 is 12.1 Å². The number of hydrogen-bond donors (Lipinski definition) is 1. The van der Waals surface area contributed by atoms with Crippen LogP contribution in [0.25, 0.3) is 11.3 Å². The molecule has 2 aliphatic heterocycles. The molecule has 1 spiro atoms. The number of nitrogens with zero attached hydrogens (tertiary/aromatic N) is 4. The van der Waals surface area contributed by atoms with Gasteiger partial charge in [0.05, 0.1) is 11.3 Å². The van der Waals surface area contributed by atoms with Crippen LogP contribution in [0.5, 0.6) is 5.75 Å². The van der Waals surface area contributed by atoms with Crippen molar-refractivity contribution >= 4 is 5.82 Å². The Morgan fingerprint density at radius 1 is 1.29 bits per heavy atom. The second kappa shape index (κ2) is 6.91. The number of anilines is 1. The van der Waals surface area contributed by atoms with Crippen LogP contribution < -0.4 is 10.5 Å². The minimum Gasteiger partial charge on any atom is -0.402 e. The van der Waals surface area contributed by atoms with Gasteiger partial charge in [-0.2, -0.15) is 5.10 Å². The Hall–Kier alpha value is -2.33. The molecule has 6 aliphatic rings. The third kappa shape index (κ3) is 2.98.